The first-order valence-electron chi connectivity index (χ1n) is 6.38. The van der Waals surface area contributed by atoms with Crippen LogP contribution in [-0.4, -0.2) is 15.4 Å². The molecule has 0 amide bonds. The number of benzene rings is 2. The summed E-state index contributed by atoms with van der Waals surface area (Å²) in [6.45, 7) is 0.491. The Morgan fingerprint density at radius 3 is 2.67 bits per heavy atom. The Bertz CT molecular complexity index is 742. The minimum absolute atomic E-state index is 0.279. The molecule has 21 heavy (non-hydrogen) atoms. The molecule has 2 aromatic carbocycles. The number of nitrogens with zero attached hydrogens (tertiary/aromatic N) is 2. The van der Waals surface area contributed by atoms with Crippen LogP contribution in [0.5, 0.6) is 0 Å². The average Bonchev–Trinajstić information content (AvgIpc) is 2.96. The van der Waals surface area contributed by atoms with Gasteiger partial charge < -0.3 is 5.32 Å². The zero-order valence-corrected chi connectivity index (χ0v) is 12.6. The third-order valence-corrected chi connectivity index (χ3v) is 3.70. The molecular formula is C15H12BrFN4. The third-order valence-electron chi connectivity index (χ3n) is 3.04. The number of halogens is 2. The van der Waals surface area contributed by atoms with Gasteiger partial charge in [0.15, 0.2) is 0 Å². The van der Waals surface area contributed by atoms with Crippen LogP contribution in [0.25, 0.3) is 11.3 Å². The number of anilines is 1. The Kier molecular flexibility index (Phi) is 3.96. The van der Waals surface area contributed by atoms with Gasteiger partial charge >= 0.3 is 0 Å². The fraction of sp³-hybridized carbons (Fsp3) is 0.0667. The highest BCUT2D eigenvalue weighted by molar-refractivity contribution is 9.10. The average molecular weight is 347 g/mol. The zero-order valence-electron chi connectivity index (χ0n) is 11.0. The van der Waals surface area contributed by atoms with Gasteiger partial charge in [-0.2, -0.15) is 15.4 Å². The van der Waals surface area contributed by atoms with E-state index in [4.69, 9.17) is 0 Å². The molecule has 3 rings (SSSR count). The molecule has 106 valence electrons. The molecule has 0 radical (unpaired) electrons. The van der Waals surface area contributed by atoms with E-state index < -0.39 is 0 Å². The smallest absolute Gasteiger partial charge is 0.124 e. The zero-order chi connectivity index (χ0) is 14.7. The van der Waals surface area contributed by atoms with Crippen LogP contribution in [0, 0.1) is 5.82 Å². The highest BCUT2D eigenvalue weighted by Crippen LogP contribution is 2.25. The van der Waals surface area contributed by atoms with E-state index in [9.17, 15) is 4.39 Å². The van der Waals surface area contributed by atoms with Gasteiger partial charge in [0.25, 0.3) is 0 Å². The van der Waals surface area contributed by atoms with Gasteiger partial charge in [0, 0.05) is 15.7 Å². The minimum atomic E-state index is -0.279. The summed E-state index contributed by atoms with van der Waals surface area (Å²) >= 11 is 3.33. The van der Waals surface area contributed by atoms with Crippen LogP contribution in [0.4, 0.5) is 10.1 Å². The summed E-state index contributed by atoms with van der Waals surface area (Å²) in [6.07, 6.45) is 0. The lowest BCUT2D eigenvalue weighted by Crippen LogP contribution is -2.02. The number of H-pyrrole nitrogens is 1. The summed E-state index contributed by atoms with van der Waals surface area (Å²) in [5, 5.41) is 14.2. The second-order valence-electron chi connectivity index (χ2n) is 4.46. The molecule has 6 heteroatoms. The predicted octanol–water partition coefficient (Wildman–Crippen LogP) is 3.99. The highest BCUT2D eigenvalue weighted by Gasteiger charge is 2.10. The Balaban J connectivity index is 1.79. The monoisotopic (exact) mass is 346 g/mol. The number of aromatic nitrogens is 3. The standard InChI is InChI=1S/C15H12BrFN4/c16-12-8-11(17)6-7-13(12)18-9-14-15(20-21-19-14)10-4-2-1-3-5-10/h1-8,18H,9H2,(H,19,20,21). The summed E-state index contributed by atoms with van der Waals surface area (Å²) in [6, 6.07) is 14.3. The van der Waals surface area contributed by atoms with Crippen LogP contribution in [0.2, 0.25) is 0 Å². The van der Waals surface area contributed by atoms with Crippen molar-refractivity contribution >= 4 is 21.6 Å². The topological polar surface area (TPSA) is 53.6 Å². The van der Waals surface area contributed by atoms with E-state index >= 15 is 0 Å². The van der Waals surface area contributed by atoms with Crippen molar-refractivity contribution in [2.45, 2.75) is 6.54 Å². The lowest BCUT2D eigenvalue weighted by Gasteiger charge is -2.08. The Hall–Kier alpha value is -2.21. The van der Waals surface area contributed by atoms with Gasteiger partial charge in [-0.1, -0.05) is 30.3 Å². The summed E-state index contributed by atoms with van der Waals surface area (Å²) < 4.78 is 13.7. The van der Waals surface area contributed by atoms with Crippen molar-refractivity contribution in [1.82, 2.24) is 15.4 Å². The third kappa shape index (κ3) is 3.11. The van der Waals surface area contributed by atoms with Gasteiger partial charge in [-0.25, -0.2) is 4.39 Å². The number of hydrogen-bond acceptors (Lipinski definition) is 3. The Morgan fingerprint density at radius 1 is 1.10 bits per heavy atom. The normalized spacial score (nSPS) is 10.6. The molecule has 0 saturated heterocycles. The van der Waals surface area contributed by atoms with E-state index in [0.29, 0.717) is 11.0 Å². The molecule has 0 saturated carbocycles. The molecule has 0 bridgehead atoms. The summed E-state index contributed by atoms with van der Waals surface area (Å²) in [7, 11) is 0. The first-order valence-corrected chi connectivity index (χ1v) is 7.17. The fourth-order valence-electron chi connectivity index (χ4n) is 2.02. The molecule has 0 fully saturated rings. The van der Waals surface area contributed by atoms with Gasteiger partial charge in [-0.05, 0) is 34.1 Å². The first-order chi connectivity index (χ1) is 10.2. The van der Waals surface area contributed by atoms with Gasteiger partial charge in [0.1, 0.15) is 17.2 Å². The number of rotatable bonds is 4. The largest absolute Gasteiger partial charge is 0.378 e. The van der Waals surface area contributed by atoms with Crippen molar-refractivity contribution in [2.24, 2.45) is 0 Å². The molecule has 0 aliphatic rings. The van der Waals surface area contributed by atoms with Gasteiger partial charge in [0.2, 0.25) is 0 Å². The highest BCUT2D eigenvalue weighted by atomic mass is 79.9. The number of nitrogens with one attached hydrogen (secondary N) is 2. The van der Waals surface area contributed by atoms with Crippen molar-refractivity contribution in [3.8, 4) is 11.3 Å². The molecule has 0 aliphatic heterocycles. The molecule has 0 unspecified atom stereocenters. The molecule has 2 N–H and O–H groups in total. The van der Waals surface area contributed by atoms with Crippen molar-refractivity contribution < 1.29 is 4.39 Å². The van der Waals surface area contributed by atoms with E-state index in [2.05, 4.69) is 36.7 Å². The molecule has 0 aliphatic carbocycles. The molecular weight excluding hydrogens is 335 g/mol. The van der Waals surface area contributed by atoms with Crippen molar-refractivity contribution in [1.29, 1.82) is 0 Å². The van der Waals surface area contributed by atoms with Crippen LogP contribution in [0.1, 0.15) is 5.69 Å². The maximum atomic E-state index is 13.1. The maximum absolute atomic E-state index is 13.1. The summed E-state index contributed by atoms with van der Waals surface area (Å²) in [5.41, 5.74) is 3.42. The number of aromatic amines is 1. The first kappa shape index (κ1) is 13.8. The van der Waals surface area contributed by atoms with E-state index in [0.717, 1.165) is 22.6 Å². The Morgan fingerprint density at radius 2 is 1.90 bits per heavy atom. The van der Waals surface area contributed by atoms with E-state index in [1.807, 2.05) is 30.3 Å². The van der Waals surface area contributed by atoms with Gasteiger partial charge in [-0.3, -0.25) is 0 Å². The van der Waals surface area contributed by atoms with Crippen molar-refractivity contribution in [2.75, 3.05) is 5.32 Å². The molecule has 3 aromatic rings. The second-order valence-corrected chi connectivity index (χ2v) is 5.32. The predicted molar refractivity (Wildman–Crippen MR) is 83.2 cm³/mol. The van der Waals surface area contributed by atoms with E-state index in [-0.39, 0.29) is 5.82 Å². The van der Waals surface area contributed by atoms with E-state index in [1.165, 1.54) is 12.1 Å². The SMILES string of the molecule is Fc1ccc(NCc2n[nH]nc2-c2ccccc2)c(Br)c1. The quantitative estimate of drug-likeness (QED) is 0.751. The molecule has 0 spiro atoms. The fourth-order valence-corrected chi connectivity index (χ4v) is 2.51. The van der Waals surface area contributed by atoms with Crippen LogP contribution in [0.3, 0.4) is 0 Å². The van der Waals surface area contributed by atoms with Gasteiger partial charge in [0.05, 0.1) is 6.54 Å². The van der Waals surface area contributed by atoms with Crippen molar-refractivity contribution in [3.63, 3.8) is 0 Å². The molecule has 1 heterocycles. The maximum Gasteiger partial charge on any atom is 0.124 e. The summed E-state index contributed by atoms with van der Waals surface area (Å²) in [4.78, 5) is 0. The second kappa shape index (κ2) is 6.05. The molecule has 1 aromatic heterocycles. The Labute approximate surface area is 129 Å². The van der Waals surface area contributed by atoms with Crippen LogP contribution in [0.15, 0.2) is 53.0 Å². The number of hydrogen-bond donors (Lipinski definition) is 2. The van der Waals surface area contributed by atoms with Crippen LogP contribution >= 0.6 is 15.9 Å². The summed E-state index contributed by atoms with van der Waals surface area (Å²) in [5.74, 6) is -0.279. The molecule has 0 atom stereocenters. The minimum Gasteiger partial charge on any atom is -0.378 e. The lowest BCUT2D eigenvalue weighted by molar-refractivity contribution is 0.627. The van der Waals surface area contributed by atoms with Crippen LogP contribution < -0.4 is 5.32 Å². The van der Waals surface area contributed by atoms with E-state index in [1.54, 1.807) is 6.07 Å². The molecule has 4 nitrogen and oxygen atoms in total. The van der Waals surface area contributed by atoms with Crippen LogP contribution in [-0.2, 0) is 6.54 Å². The lowest BCUT2D eigenvalue weighted by atomic mass is 10.1. The van der Waals surface area contributed by atoms with Crippen molar-refractivity contribution in [3.05, 3.63) is 64.5 Å². The van der Waals surface area contributed by atoms with Gasteiger partial charge in [-0.15, -0.1) is 0 Å².